The Hall–Kier alpha value is -0.630. The van der Waals surface area contributed by atoms with Gasteiger partial charge in [-0.1, -0.05) is 25.4 Å². The summed E-state index contributed by atoms with van der Waals surface area (Å²) in [4.78, 5) is 12.4. The van der Waals surface area contributed by atoms with Gasteiger partial charge in [-0.2, -0.15) is 0 Å². The molecule has 0 aliphatic heterocycles. The zero-order valence-electron chi connectivity index (χ0n) is 15.9. The minimum Gasteiger partial charge on any atom is -0.393 e. The third kappa shape index (κ3) is 1.78. The van der Waals surface area contributed by atoms with E-state index in [4.69, 9.17) is 4.11 Å². The highest BCUT2D eigenvalue weighted by atomic mass is 16.3. The molecule has 4 rings (SSSR count). The monoisotopic (exact) mass is 291 g/mol. The Bertz CT molecular complexity index is 596. The molecule has 0 unspecified atom stereocenters. The predicted molar refractivity (Wildman–Crippen MR) is 82.7 cm³/mol. The first-order valence-corrected chi connectivity index (χ1v) is 8.61. The lowest BCUT2D eigenvalue weighted by Gasteiger charge is -2.56. The Labute approximate surface area is 132 Å². The van der Waals surface area contributed by atoms with E-state index in [2.05, 4.69) is 13.0 Å². The van der Waals surface area contributed by atoms with Crippen LogP contribution in [0.2, 0.25) is 0 Å². The van der Waals surface area contributed by atoms with E-state index in [-0.39, 0.29) is 11.3 Å². The number of hydrogen-bond acceptors (Lipinski definition) is 2. The highest BCUT2D eigenvalue weighted by Gasteiger charge is 2.58. The van der Waals surface area contributed by atoms with Crippen molar-refractivity contribution in [1.29, 1.82) is 0 Å². The van der Waals surface area contributed by atoms with Crippen molar-refractivity contribution in [3.8, 4) is 0 Å². The van der Waals surface area contributed by atoms with Crippen LogP contribution in [0, 0.1) is 28.6 Å². The average Bonchev–Trinajstić information content (AvgIpc) is 2.81. The molecule has 6 atom stereocenters. The number of hydrogen-bond donors (Lipinski definition) is 1. The summed E-state index contributed by atoms with van der Waals surface area (Å²) in [6, 6.07) is 0. The second-order valence-corrected chi connectivity index (χ2v) is 8.13. The van der Waals surface area contributed by atoms with Gasteiger partial charge in [-0.05, 0) is 68.1 Å². The first kappa shape index (κ1) is 11.0. The number of Topliss-reactive ketones (excluding diaryl/α,β-unsaturated/α-hetero) is 1. The normalized spacial score (nSPS) is 55.4. The SMILES string of the molecule is [2H]C([2H])([2H])[C@]12CC[C@H](O)CC1=CC[C@H]1[C@@H]3CCC(=O)[C@@]3(C)CC[C@@H]12. The van der Waals surface area contributed by atoms with Crippen LogP contribution in [-0.2, 0) is 4.79 Å². The number of ketones is 1. The van der Waals surface area contributed by atoms with Crippen LogP contribution >= 0.6 is 0 Å². The maximum Gasteiger partial charge on any atom is 0.139 e. The van der Waals surface area contributed by atoms with Gasteiger partial charge in [0.2, 0.25) is 0 Å². The topological polar surface area (TPSA) is 37.3 Å². The zero-order chi connectivity index (χ0) is 17.3. The number of fused-ring (bicyclic) bond motifs is 5. The Morgan fingerprint density at radius 2 is 2.00 bits per heavy atom. The summed E-state index contributed by atoms with van der Waals surface area (Å²) in [5.41, 5.74) is -0.00549. The van der Waals surface area contributed by atoms with Crippen molar-refractivity contribution in [2.45, 2.75) is 71.2 Å². The summed E-state index contributed by atoms with van der Waals surface area (Å²) in [6.45, 7) is 0.0910. The van der Waals surface area contributed by atoms with E-state index in [0.717, 1.165) is 31.3 Å². The Morgan fingerprint density at radius 1 is 1.24 bits per heavy atom. The fraction of sp³-hybridized carbons (Fsp3) is 0.842. The molecule has 0 aromatic carbocycles. The molecular weight excluding hydrogens is 260 g/mol. The fourth-order valence-electron chi connectivity index (χ4n) is 6.06. The van der Waals surface area contributed by atoms with E-state index in [9.17, 15) is 9.90 Å². The van der Waals surface area contributed by atoms with Crippen molar-refractivity contribution in [2.75, 3.05) is 0 Å². The lowest BCUT2D eigenvalue weighted by atomic mass is 9.48. The number of aliphatic hydroxyl groups is 1. The molecule has 0 aromatic rings. The summed E-state index contributed by atoms with van der Waals surface area (Å²) < 4.78 is 25.1. The van der Waals surface area contributed by atoms with Gasteiger partial charge in [-0.3, -0.25) is 4.79 Å². The van der Waals surface area contributed by atoms with E-state index in [1.807, 2.05) is 0 Å². The summed E-state index contributed by atoms with van der Waals surface area (Å²) in [5, 5.41) is 10.1. The summed E-state index contributed by atoms with van der Waals surface area (Å²) in [5.74, 6) is 1.19. The van der Waals surface area contributed by atoms with Crippen LogP contribution in [-0.4, -0.2) is 17.0 Å². The van der Waals surface area contributed by atoms with E-state index < -0.39 is 18.4 Å². The molecule has 21 heavy (non-hydrogen) atoms. The molecule has 4 aliphatic carbocycles. The van der Waals surface area contributed by atoms with Gasteiger partial charge in [0.1, 0.15) is 5.78 Å². The highest BCUT2D eigenvalue weighted by molar-refractivity contribution is 5.87. The molecule has 0 heterocycles. The molecule has 2 nitrogen and oxygen atoms in total. The average molecular weight is 291 g/mol. The molecule has 1 N–H and O–H groups in total. The number of rotatable bonds is 0. The Balaban J connectivity index is 1.78. The number of allylic oxidation sites excluding steroid dienone is 1. The van der Waals surface area contributed by atoms with Gasteiger partial charge in [0.05, 0.1) is 6.10 Å². The molecule has 0 amide bonds. The minimum atomic E-state index is -2.03. The third-order valence-electron chi connectivity index (χ3n) is 7.32. The smallest absolute Gasteiger partial charge is 0.139 e. The Morgan fingerprint density at radius 3 is 2.81 bits per heavy atom. The molecule has 116 valence electrons. The fourth-order valence-corrected chi connectivity index (χ4v) is 6.06. The van der Waals surface area contributed by atoms with Crippen molar-refractivity contribution < 1.29 is 14.0 Å². The maximum absolute atomic E-state index is 12.4. The van der Waals surface area contributed by atoms with Crippen LogP contribution in [0.3, 0.4) is 0 Å². The molecule has 0 radical (unpaired) electrons. The van der Waals surface area contributed by atoms with Gasteiger partial charge in [0, 0.05) is 15.9 Å². The zero-order valence-corrected chi connectivity index (χ0v) is 12.9. The molecule has 0 spiro atoms. The van der Waals surface area contributed by atoms with Gasteiger partial charge < -0.3 is 5.11 Å². The molecule has 0 aromatic heterocycles. The first-order chi connectivity index (χ1) is 11.2. The first-order valence-electron chi connectivity index (χ1n) is 10.1. The third-order valence-corrected chi connectivity index (χ3v) is 7.32. The van der Waals surface area contributed by atoms with Crippen LogP contribution in [0.25, 0.3) is 0 Å². The van der Waals surface area contributed by atoms with Gasteiger partial charge in [0.15, 0.2) is 0 Å². The van der Waals surface area contributed by atoms with Gasteiger partial charge in [-0.15, -0.1) is 0 Å². The number of carbonyl (C=O) groups excluding carboxylic acids is 1. The van der Waals surface area contributed by atoms with Crippen molar-refractivity contribution in [1.82, 2.24) is 0 Å². The molecular formula is C19H28O2. The summed E-state index contributed by atoms with van der Waals surface area (Å²) >= 11 is 0. The lowest BCUT2D eigenvalue weighted by Crippen LogP contribution is -2.50. The Kier molecular flexibility index (Phi) is 2.32. The van der Waals surface area contributed by atoms with Gasteiger partial charge >= 0.3 is 0 Å². The standard InChI is InChI=1S/C19H28O2/c1-18-9-7-13(20)11-12(18)3-4-14-15-5-6-17(21)19(15,2)10-8-16(14)18/h3,13-16,20H,4-11H2,1-2H3/t13-,14-,15-,16-,18-,19-/m0/s1/i1D3. The molecule has 0 bridgehead atoms. The van der Waals surface area contributed by atoms with Crippen LogP contribution in [0.1, 0.15) is 69.3 Å². The number of carbonyl (C=O) groups is 1. The molecule has 0 saturated heterocycles. The van der Waals surface area contributed by atoms with E-state index in [0.29, 0.717) is 43.3 Å². The second kappa shape index (κ2) is 4.44. The van der Waals surface area contributed by atoms with E-state index in [1.165, 1.54) is 0 Å². The minimum absolute atomic E-state index is 0.140. The summed E-state index contributed by atoms with van der Waals surface area (Å²) in [6.07, 6.45) is 7.56. The lowest BCUT2D eigenvalue weighted by molar-refractivity contribution is -0.132. The van der Waals surface area contributed by atoms with Crippen LogP contribution < -0.4 is 0 Å². The molecule has 3 saturated carbocycles. The number of aliphatic hydroxyl groups excluding tert-OH is 1. The molecule has 4 aliphatic rings. The molecule has 2 heteroatoms. The van der Waals surface area contributed by atoms with Crippen LogP contribution in [0.15, 0.2) is 11.6 Å². The van der Waals surface area contributed by atoms with Crippen molar-refractivity contribution in [3.63, 3.8) is 0 Å². The summed E-state index contributed by atoms with van der Waals surface area (Å²) in [7, 11) is 0. The van der Waals surface area contributed by atoms with Gasteiger partial charge in [-0.25, -0.2) is 0 Å². The van der Waals surface area contributed by atoms with E-state index in [1.54, 1.807) is 0 Å². The van der Waals surface area contributed by atoms with Crippen molar-refractivity contribution in [3.05, 3.63) is 11.6 Å². The second-order valence-electron chi connectivity index (χ2n) is 8.13. The van der Waals surface area contributed by atoms with E-state index >= 15 is 0 Å². The predicted octanol–water partition coefficient (Wildman–Crippen LogP) is 3.88. The van der Waals surface area contributed by atoms with Gasteiger partial charge in [0.25, 0.3) is 0 Å². The maximum atomic E-state index is 12.4. The van der Waals surface area contributed by atoms with Crippen LogP contribution in [0.4, 0.5) is 0 Å². The highest BCUT2D eigenvalue weighted by Crippen LogP contribution is 2.63. The quantitative estimate of drug-likeness (QED) is 0.688. The van der Waals surface area contributed by atoms with Crippen molar-refractivity contribution in [2.24, 2.45) is 28.6 Å². The van der Waals surface area contributed by atoms with Crippen LogP contribution in [0.5, 0.6) is 0 Å². The largest absolute Gasteiger partial charge is 0.393 e. The van der Waals surface area contributed by atoms with Crippen molar-refractivity contribution >= 4 is 5.78 Å². The molecule has 3 fully saturated rings.